The minimum Gasteiger partial charge on any atom is -0.484 e. The molecule has 1 amide bonds. The molecule has 1 heterocycles. The summed E-state index contributed by atoms with van der Waals surface area (Å²) in [6.45, 7) is -0.159. The summed E-state index contributed by atoms with van der Waals surface area (Å²) in [6.07, 6.45) is 1.99. The molecule has 1 atom stereocenters. The molecule has 1 aromatic heterocycles. The minimum absolute atomic E-state index is 0.0606. The van der Waals surface area contributed by atoms with Gasteiger partial charge in [-0.05, 0) is 48.4 Å². The van der Waals surface area contributed by atoms with E-state index in [0.717, 1.165) is 11.3 Å². The minimum atomic E-state index is -0.651. The van der Waals surface area contributed by atoms with Gasteiger partial charge in [-0.3, -0.25) is 9.59 Å². The van der Waals surface area contributed by atoms with E-state index in [1.807, 2.05) is 42.5 Å². The first kappa shape index (κ1) is 22.0. The van der Waals surface area contributed by atoms with Crippen LogP contribution in [-0.4, -0.2) is 30.1 Å². The van der Waals surface area contributed by atoms with Crippen LogP contribution in [0, 0.1) is 0 Å². The molecule has 1 N–H and O–H groups in total. The zero-order valence-corrected chi connectivity index (χ0v) is 17.8. The maximum Gasteiger partial charge on any atom is 0.258 e. The summed E-state index contributed by atoms with van der Waals surface area (Å²) in [5.41, 5.74) is 0.915. The first-order chi connectivity index (χ1) is 14.6. The standard InChI is InChI=1S/C23H22ClNO4S/c24-18-10-8-17(9-11-18)13-21(22(26)16-30-15-20-7-4-12-28-20)25-23(27)14-29-19-5-2-1-3-6-19/h1-12,21H,13-16H2,(H,25,27)/t21-/m0/s1. The lowest BCUT2D eigenvalue weighted by Gasteiger charge is -2.18. The number of carbonyl (C=O) groups is 2. The van der Waals surface area contributed by atoms with Crippen LogP contribution in [0.5, 0.6) is 5.75 Å². The lowest BCUT2D eigenvalue weighted by atomic mass is 10.0. The maximum atomic E-state index is 12.8. The van der Waals surface area contributed by atoms with E-state index in [4.69, 9.17) is 20.8 Å². The van der Waals surface area contributed by atoms with Gasteiger partial charge in [0.1, 0.15) is 11.5 Å². The summed E-state index contributed by atoms with van der Waals surface area (Å²) >= 11 is 7.40. The Kier molecular flexibility index (Phi) is 8.41. The van der Waals surface area contributed by atoms with Crippen LogP contribution in [0.3, 0.4) is 0 Å². The number of benzene rings is 2. The van der Waals surface area contributed by atoms with Crippen LogP contribution in [0.15, 0.2) is 77.4 Å². The van der Waals surface area contributed by atoms with Crippen LogP contribution in [0.2, 0.25) is 5.02 Å². The van der Waals surface area contributed by atoms with E-state index in [1.54, 1.807) is 30.5 Å². The van der Waals surface area contributed by atoms with Crippen molar-refractivity contribution in [2.45, 2.75) is 18.2 Å². The highest BCUT2D eigenvalue weighted by Crippen LogP contribution is 2.16. The summed E-state index contributed by atoms with van der Waals surface area (Å²) in [5, 5.41) is 3.43. The number of halogens is 1. The number of ketones is 1. The van der Waals surface area contributed by atoms with Crippen molar-refractivity contribution in [1.82, 2.24) is 5.32 Å². The van der Waals surface area contributed by atoms with Gasteiger partial charge in [0.05, 0.1) is 23.8 Å². The van der Waals surface area contributed by atoms with Gasteiger partial charge in [0, 0.05) is 5.02 Å². The van der Waals surface area contributed by atoms with Gasteiger partial charge >= 0.3 is 0 Å². The number of hydrogen-bond donors (Lipinski definition) is 1. The summed E-state index contributed by atoms with van der Waals surface area (Å²) in [5.74, 6) is 1.86. The Labute approximate surface area is 184 Å². The fourth-order valence-corrected chi connectivity index (χ4v) is 3.75. The van der Waals surface area contributed by atoms with Crippen LogP contribution in [0.25, 0.3) is 0 Å². The Morgan fingerprint density at radius 1 is 1.03 bits per heavy atom. The molecular formula is C23H22ClNO4S. The van der Waals surface area contributed by atoms with Crippen LogP contribution < -0.4 is 10.1 Å². The first-order valence-corrected chi connectivity index (χ1v) is 11.0. The Morgan fingerprint density at radius 2 is 1.80 bits per heavy atom. The molecule has 30 heavy (non-hydrogen) atoms. The number of nitrogens with one attached hydrogen (secondary N) is 1. The van der Waals surface area contributed by atoms with Gasteiger partial charge in [-0.15, -0.1) is 11.8 Å². The Hall–Kier alpha value is -2.70. The van der Waals surface area contributed by atoms with E-state index in [0.29, 0.717) is 22.9 Å². The predicted octanol–water partition coefficient (Wildman–Crippen LogP) is 4.54. The highest BCUT2D eigenvalue weighted by atomic mass is 35.5. The van der Waals surface area contributed by atoms with Gasteiger partial charge < -0.3 is 14.5 Å². The normalized spacial score (nSPS) is 11.6. The molecule has 2 aromatic carbocycles. The summed E-state index contributed by atoms with van der Waals surface area (Å²) in [6, 6.07) is 19.3. The molecule has 3 rings (SSSR count). The average molecular weight is 444 g/mol. The molecule has 0 aliphatic rings. The van der Waals surface area contributed by atoms with Crippen molar-refractivity contribution in [1.29, 1.82) is 0 Å². The number of furan rings is 1. The van der Waals surface area contributed by atoms with Crippen molar-refractivity contribution in [3.05, 3.63) is 89.3 Å². The van der Waals surface area contributed by atoms with Gasteiger partial charge in [0.25, 0.3) is 5.91 Å². The lowest BCUT2D eigenvalue weighted by Crippen LogP contribution is -2.45. The largest absolute Gasteiger partial charge is 0.484 e. The third kappa shape index (κ3) is 7.28. The zero-order valence-electron chi connectivity index (χ0n) is 16.3. The van der Waals surface area contributed by atoms with Gasteiger partial charge in [-0.25, -0.2) is 0 Å². The average Bonchev–Trinajstić information content (AvgIpc) is 3.27. The van der Waals surface area contributed by atoms with E-state index < -0.39 is 6.04 Å². The highest BCUT2D eigenvalue weighted by Gasteiger charge is 2.21. The highest BCUT2D eigenvalue weighted by molar-refractivity contribution is 7.99. The third-order valence-corrected chi connectivity index (χ3v) is 5.49. The molecule has 156 valence electrons. The number of rotatable bonds is 11. The molecule has 0 saturated heterocycles. The van der Waals surface area contributed by atoms with Gasteiger partial charge in [0.15, 0.2) is 12.4 Å². The third-order valence-electron chi connectivity index (χ3n) is 4.26. The van der Waals surface area contributed by atoms with E-state index in [-0.39, 0.29) is 24.1 Å². The van der Waals surface area contributed by atoms with Crippen LogP contribution >= 0.6 is 23.4 Å². The van der Waals surface area contributed by atoms with Crippen LogP contribution in [0.1, 0.15) is 11.3 Å². The molecule has 0 radical (unpaired) electrons. The van der Waals surface area contributed by atoms with Crippen molar-refractivity contribution in [3.63, 3.8) is 0 Å². The monoisotopic (exact) mass is 443 g/mol. The molecule has 0 aliphatic heterocycles. The predicted molar refractivity (Wildman–Crippen MR) is 119 cm³/mol. The topological polar surface area (TPSA) is 68.5 Å². The number of amides is 1. The quantitative estimate of drug-likeness (QED) is 0.471. The zero-order chi connectivity index (χ0) is 21.2. The second-order valence-corrected chi connectivity index (χ2v) is 8.01. The number of Topliss-reactive ketones (excluding diaryl/α,β-unsaturated/α-hetero) is 1. The molecule has 7 heteroatoms. The van der Waals surface area contributed by atoms with E-state index in [2.05, 4.69) is 5.32 Å². The number of thioether (sulfide) groups is 1. The van der Waals surface area contributed by atoms with E-state index in [1.165, 1.54) is 11.8 Å². The van der Waals surface area contributed by atoms with Crippen LogP contribution in [-0.2, 0) is 21.8 Å². The van der Waals surface area contributed by atoms with E-state index in [9.17, 15) is 9.59 Å². The second-order valence-electron chi connectivity index (χ2n) is 6.59. The summed E-state index contributed by atoms with van der Waals surface area (Å²) < 4.78 is 10.8. The molecule has 0 aliphatic carbocycles. The van der Waals surface area contributed by atoms with Crippen molar-refractivity contribution in [2.24, 2.45) is 0 Å². The Morgan fingerprint density at radius 3 is 2.50 bits per heavy atom. The molecular weight excluding hydrogens is 422 g/mol. The molecule has 0 saturated carbocycles. The van der Waals surface area contributed by atoms with Crippen molar-refractivity contribution in [3.8, 4) is 5.75 Å². The Bertz CT molecular complexity index is 930. The van der Waals surface area contributed by atoms with Gasteiger partial charge in [-0.1, -0.05) is 41.9 Å². The maximum absolute atomic E-state index is 12.8. The summed E-state index contributed by atoms with van der Waals surface area (Å²) in [7, 11) is 0. The number of ether oxygens (including phenoxy) is 1. The van der Waals surface area contributed by atoms with Gasteiger partial charge in [0.2, 0.25) is 0 Å². The van der Waals surface area contributed by atoms with Crippen molar-refractivity contribution < 1.29 is 18.7 Å². The molecule has 3 aromatic rings. The van der Waals surface area contributed by atoms with Crippen LogP contribution in [0.4, 0.5) is 0 Å². The van der Waals surface area contributed by atoms with E-state index >= 15 is 0 Å². The summed E-state index contributed by atoms with van der Waals surface area (Å²) in [4.78, 5) is 25.2. The molecule has 0 bridgehead atoms. The molecule has 0 spiro atoms. The smallest absolute Gasteiger partial charge is 0.258 e. The van der Waals surface area contributed by atoms with Gasteiger partial charge in [-0.2, -0.15) is 0 Å². The van der Waals surface area contributed by atoms with Crippen molar-refractivity contribution >= 4 is 35.1 Å². The number of hydrogen-bond acceptors (Lipinski definition) is 5. The molecule has 0 unspecified atom stereocenters. The Balaban J connectivity index is 1.57. The lowest BCUT2D eigenvalue weighted by molar-refractivity contribution is -0.128. The first-order valence-electron chi connectivity index (χ1n) is 9.44. The number of carbonyl (C=O) groups excluding carboxylic acids is 2. The SMILES string of the molecule is O=C(COc1ccccc1)N[C@@H](Cc1ccc(Cl)cc1)C(=O)CSCc1ccco1. The fourth-order valence-electron chi connectivity index (χ4n) is 2.75. The number of para-hydroxylation sites is 1. The second kappa shape index (κ2) is 11.5. The van der Waals surface area contributed by atoms with Crippen molar-refractivity contribution in [2.75, 3.05) is 12.4 Å². The fraction of sp³-hybridized carbons (Fsp3) is 0.217. The molecule has 5 nitrogen and oxygen atoms in total. The molecule has 0 fully saturated rings.